The van der Waals surface area contributed by atoms with Gasteiger partial charge in [-0.05, 0) is 42.2 Å². The van der Waals surface area contributed by atoms with Crippen LogP contribution in [-0.4, -0.2) is 46.7 Å². The standard InChI is InChI=1S/C17H26N6OS/c1-3-18-17(19-10-16-20-13(2)24-22-16)21-15-4-7-23(8-5-15)11-14-6-9-25-12-14/h6,9,12,15H,3-5,7-8,10-11H2,1-2H3,(H2,18,19,21). The minimum Gasteiger partial charge on any atom is -0.357 e. The van der Waals surface area contributed by atoms with E-state index in [0.29, 0.717) is 24.3 Å². The van der Waals surface area contributed by atoms with Crippen molar-refractivity contribution in [2.24, 2.45) is 4.99 Å². The number of thiophene rings is 1. The Morgan fingerprint density at radius 2 is 2.28 bits per heavy atom. The molecule has 1 saturated heterocycles. The molecule has 1 aliphatic rings. The van der Waals surface area contributed by atoms with E-state index in [2.05, 4.69) is 54.4 Å². The summed E-state index contributed by atoms with van der Waals surface area (Å²) in [6, 6.07) is 2.66. The van der Waals surface area contributed by atoms with Crippen molar-refractivity contribution in [1.82, 2.24) is 25.7 Å². The van der Waals surface area contributed by atoms with E-state index in [4.69, 9.17) is 4.52 Å². The lowest BCUT2D eigenvalue weighted by atomic mass is 10.0. The highest BCUT2D eigenvalue weighted by molar-refractivity contribution is 7.07. The average Bonchev–Trinajstić information content (AvgIpc) is 3.26. The number of hydrogen-bond acceptors (Lipinski definition) is 6. The van der Waals surface area contributed by atoms with Gasteiger partial charge in [-0.2, -0.15) is 16.3 Å². The molecular formula is C17H26N6OS. The summed E-state index contributed by atoms with van der Waals surface area (Å²) >= 11 is 1.77. The van der Waals surface area contributed by atoms with Crippen molar-refractivity contribution in [1.29, 1.82) is 0 Å². The molecule has 3 rings (SSSR count). The number of nitrogens with zero attached hydrogens (tertiary/aromatic N) is 4. The average molecular weight is 363 g/mol. The number of nitrogens with one attached hydrogen (secondary N) is 2. The van der Waals surface area contributed by atoms with Crippen LogP contribution in [0.15, 0.2) is 26.3 Å². The molecule has 0 radical (unpaired) electrons. The van der Waals surface area contributed by atoms with Gasteiger partial charge in [-0.1, -0.05) is 5.16 Å². The molecule has 0 unspecified atom stereocenters. The maximum Gasteiger partial charge on any atom is 0.223 e. The second-order valence-corrected chi connectivity index (χ2v) is 7.03. The minimum absolute atomic E-state index is 0.420. The van der Waals surface area contributed by atoms with Crippen LogP contribution in [0.4, 0.5) is 0 Å². The molecule has 1 fully saturated rings. The number of hydrogen-bond donors (Lipinski definition) is 2. The SMILES string of the molecule is CCNC(=NCc1noc(C)n1)NC1CCN(Cc2ccsc2)CC1. The first-order valence-electron chi connectivity index (χ1n) is 8.80. The van der Waals surface area contributed by atoms with Gasteiger partial charge in [0, 0.05) is 39.1 Å². The van der Waals surface area contributed by atoms with Crippen LogP contribution in [0.25, 0.3) is 0 Å². The molecule has 0 saturated carbocycles. The number of piperidine rings is 1. The number of guanidine groups is 1. The molecular weight excluding hydrogens is 336 g/mol. The van der Waals surface area contributed by atoms with Gasteiger partial charge in [-0.3, -0.25) is 4.90 Å². The van der Waals surface area contributed by atoms with E-state index in [1.807, 2.05) is 0 Å². The first-order valence-corrected chi connectivity index (χ1v) is 9.74. The molecule has 8 heteroatoms. The summed E-state index contributed by atoms with van der Waals surface area (Å²) in [5.74, 6) is 2.00. The van der Waals surface area contributed by atoms with Crippen LogP contribution in [0.3, 0.4) is 0 Å². The Hall–Kier alpha value is -1.93. The van der Waals surface area contributed by atoms with Gasteiger partial charge >= 0.3 is 0 Å². The first-order chi connectivity index (χ1) is 12.2. The van der Waals surface area contributed by atoms with Crippen LogP contribution in [0.2, 0.25) is 0 Å². The molecule has 7 nitrogen and oxygen atoms in total. The maximum atomic E-state index is 4.99. The lowest BCUT2D eigenvalue weighted by molar-refractivity contribution is 0.198. The fourth-order valence-corrected chi connectivity index (χ4v) is 3.60. The van der Waals surface area contributed by atoms with Crippen LogP contribution in [0.5, 0.6) is 0 Å². The molecule has 0 spiro atoms. The summed E-state index contributed by atoms with van der Waals surface area (Å²) in [6.07, 6.45) is 2.24. The van der Waals surface area contributed by atoms with E-state index >= 15 is 0 Å². The number of aromatic nitrogens is 2. The third-order valence-corrected chi connectivity index (χ3v) is 4.94. The molecule has 3 heterocycles. The molecule has 136 valence electrons. The molecule has 0 aromatic carbocycles. The van der Waals surface area contributed by atoms with Gasteiger partial charge < -0.3 is 15.2 Å². The Kier molecular flexibility index (Phi) is 6.41. The van der Waals surface area contributed by atoms with Crippen LogP contribution in [0, 0.1) is 6.92 Å². The second kappa shape index (κ2) is 8.96. The Labute approximate surface area is 152 Å². The van der Waals surface area contributed by atoms with E-state index in [1.165, 1.54) is 5.56 Å². The number of likely N-dealkylation sites (tertiary alicyclic amines) is 1. The zero-order chi connectivity index (χ0) is 17.5. The van der Waals surface area contributed by atoms with Gasteiger partial charge in [0.25, 0.3) is 0 Å². The third-order valence-electron chi connectivity index (χ3n) is 4.21. The number of rotatable bonds is 6. The molecule has 2 N–H and O–H groups in total. The summed E-state index contributed by atoms with van der Waals surface area (Å²) < 4.78 is 4.99. The predicted molar refractivity (Wildman–Crippen MR) is 99.6 cm³/mol. The van der Waals surface area contributed by atoms with Crippen molar-refractivity contribution in [2.45, 2.75) is 45.8 Å². The molecule has 0 bridgehead atoms. The summed E-state index contributed by atoms with van der Waals surface area (Å²) in [7, 11) is 0. The summed E-state index contributed by atoms with van der Waals surface area (Å²) in [5.41, 5.74) is 1.42. The summed E-state index contributed by atoms with van der Waals surface area (Å²) in [5, 5.41) is 15.1. The van der Waals surface area contributed by atoms with Gasteiger partial charge in [0.05, 0.1) is 0 Å². The zero-order valence-corrected chi connectivity index (χ0v) is 15.7. The van der Waals surface area contributed by atoms with Crippen molar-refractivity contribution in [2.75, 3.05) is 19.6 Å². The Morgan fingerprint density at radius 1 is 1.44 bits per heavy atom. The van der Waals surface area contributed by atoms with Crippen LogP contribution < -0.4 is 10.6 Å². The first kappa shape index (κ1) is 17.9. The van der Waals surface area contributed by atoms with E-state index in [-0.39, 0.29) is 0 Å². The summed E-state index contributed by atoms with van der Waals surface area (Å²) in [6.45, 7) is 8.37. The Bertz CT molecular complexity index is 660. The Morgan fingerprint density at radius 3 is 2.92 bits per heavy atom. The smallest absolute Gasteiger partial charge is 0.223 e. The minimum atomic E-state index is 0.420. The lowest BCUT2D eigenvalue weighted by Crippen LogP contribution is -2.48. The highest BCUT2D eigenvalue weighted by Crippen LogP contribution is 2.15. The van der Waals surface area contributed by atoms with Gasteiger partial charge in [0.1, 0.15) is 6.54 Å². The molecule has 2 aromatic heterocycles. The highest BCUT2D eigenvalue weighted by Gasteiger charge is 2.20. The fourth-order valence-electron chi connectivity index (χ4n) is 2.94. The van der Waals surface area contributed by atoms with Gasteiger partial charge in [-0.15, -0.1) is 0 Å². The van der Waals surface area contributed by atoms with Crippen LogP contribution >= 0.6 is 11.3 Å². The highest BCUT2D eigenvalue weighted by atomic mass is 32.1. The second-order valence-electron chi connectivity index (χ2n) is 6.25. The molecule has 1 aliphatic heterocycles. The normalized spacial score (nSPS) is 17.0. The molecule has 25 heavy (non-hydrogen) atoms. The quantitative estimate of drug-likeness (QED) is 0.606. The van der Waals surface area contributed by atoms with Crippen LogP contribution in [-0.2, 0) is 13.1 Å². The van der Waals surface area contributed by atoms with Gasteiger partial charge in [0.2, 0.25) is 5.89 Å². The van der Waals surface area contributed by atoms with Crippen LogP contribution in [0.1, 0.15) is 37.0 Å². The largest absolute Gasteiger partial charge is 0.357 e. The third kappa shape index (κ3) is 5.54. The van der Waals surface area contributed by atoms with Gasteiger partial charge in [0.15, 0.2) is 11.8 Å². The van der Waals surface area contributed by atoms with Crippen molar-refractivity contribution < 1.29 is 4.52 Å². The number of aryl methyl sites for hydroxylation is 1. The monoisotopic (exact) mass is 362 g/mol. The molecule has 0 atom stereocenters. The van der Waals surface area contributed by atoms with E-state index in [0.717, 1.165) is 45.0 Å². The predicted octanol–water partition coefficient (Wildman–Crippen LogP) is 2.16. The van der Waals surface area contributed by atoms with Gasteiger partial charge in [-0.25, -0.2) is 4.99 Å². The Balaban J connectivity index is 1.47. The van der Waals surface area contributed by atoms with E-state index in [9.17, 15) is 0 Å². The maximum absolute atomic E-state index is 4.99. The number of aliphatic imine (C=N–C) groups is 1. The zero-order valence-electron chi connectivity index (χ0n) is 14.9. The van der Waals surface area contributed by atoms with Crippen molar-refractivity contribution in [3.05, 3.63) is 34.1 Å². The summed E-state index contributed by atoms with van der Waals surface area (Å²) in [4.78, 5) is 11.3. The van der Waals surface area contributed by atoms with Crippen molar-refractivity contribution in [3.8, 4) is 0 Å². The molecule has 2 aromatic rings. The van der Waals surface area contributed by atoms with E-state index in [1.54, 1.807) is 18.3 Å². The van der Waals surface area contributed by atoms with Crippen molar-refractivity contribution in [3.63, 3.8) is 0 Å². The fraction of sp³-hybridized carbons (Fsp3) is 0.588. The molecule has 0 aliphatic carbocycles. The van der Waals surface area contributed by atoms with E-state index < -0.39 is 0 Å². The lowest BCUT2D eigenvalue weighted by Gasteiger charge is -2.32. The topological polar surface area (TPSA) is 78.6 Å². The van der Waals surface area contributed by atoms with Crippen molar-refractivity contribution >= 4 is 17.3 Å². The molecule has 0 amide bonds.